The number of fused-ring (bicyclic) bond motifs is 1. The van der Waals surface area contributed by atoms with Gasteiger partial charge in [-0.15, -0.1) is 0 Å². The van der Waals surface area contributed by atoms with Gasteiger partial charge in [0.05, 0.1) is 0 Å². The van der Waals surface area contributed by atoms with Crippen molar-refractivity contribution in [3.05, 3.63) is 34.9 Å². The van der Waals surface area contributed by atoms with E-state index in [0.717, 1.165) is 31.7 Å². The van der Waals surface area contributed by atoms with Gasteiger partial charge >= 0.3 is 0 Å². The van der Waals surface area contributed by atoms with Crippen LogP contribution in [0.5, 0.6) is 0 Å². The minimum absolute atomic E-state index is 0.0499. The van der Waals surface area contributed by atoms with E-state index < -0.39 is 0 Å². The molecule has 0 atom stereocenters. The van der Waals surface area contributed by atoms with Crippen LogP contribution in [-0.2, 0) is 13.1 Å². The summed E-state index contributed by atoms with van der Waals surface area (Å²) in [5.74, 6) is 0.0499. The molecule has 19 heavy (non-hydrogen) atoms. The summed E-state index contributed by atoms with van der Waals surface area (Å²) < 4.78 is 0. The fraction of sp³-hybridized carbons (Fsp3) is 0.533. The number of likely N-dealkylation sites (tertiary alicyclic amines) is 1. The molecule has 1 amide bonds. The lowest BCUT2D eigenvalue weighted by Gasteiger charge is -2.14. The maximum absolute atomic E-state index is 12.1. The Morgan fingerprint density at radius 1 is 1.21 bits per heavy atom. The highest BCUT2D eigenvalue weighted by Crippen LogP contribution is 2.16. The van der Waals surface area contributed by atoms with Crippen molar-refractivity contribution in [2.45, 2.75) is 25.9 Å². The molecular weight excluding hydrogens is 238 g/mol. The SMILES string of the molecule is O=C(NCCN1CCCC1)c1ccc2c(c1)CNC2. The molecule has 1 saturated heterocycles. The molecule has 0 bridgehead atoms. The Bertz CT molecular complexity index is 466. The van der Waals surface area contributed by atoms with Gasteiger partial charge < -0.3 is 15.5 Å². The second kappa shape index (κ2) is 5.72. The maximum atomic E-state index is 12.1. The molecule has 2 heterocycles. The Balaban J connectivity index is 1.52. The number of nitrogens with one attached hydrogen (secondary N) is 2. The average molecular weight is 259 g/mol. The smallest absolute Gasteiger partial charge is 0.251 e. The highest BCUT2D eigenvalue weighted by Gasteiger charge is 2.14. The number of hydrogen-bond acceptors (Lipinski definition) is 3. The van der Waals surface area contributed by atoms with E-state index >= 15 is 0 Å². The molecule has 0 spiro atoms. The number of benzene rings is 1. The highest BCUT2D eigenvalue weighted by molar-refractivity contribution is 5.94. The van der Waals surface area contributed by atoms with E-state index in [0.29, 0.717) is 0 Å². The van der Waals surface area contributed by atoms with E-state index in [2.05, 4.69) is 21.6 Å². The fourth-order valence-corrected chi connectivity index (χ4v) is 2.87. The summed E-state index contributed by atoms with van der Waals surface area (Å²) >= 11 is 0. The Morgan fingerprint density at radius 3 is 2.84 bits per heavy atom. The van der Waals surface area contributed by atoms with Crippen LogP contribution in [0, 0.1) is 0 Å². The van der Waals surface area contributed by atoms with Crippen LogP contribution in [-0.4, -0.2) is 37.0 Å². The summed E-state index contributed by atoms with van der Waals surface area (Å²) in [5.41, 5.74) is 3.35. The topological polar surface area (TPSA) is 44.4 Å². The molecule has 102 valence electrons. The average Bonchev–Trinajstić information content (AvgIpc) is 3.08. The first kappa shape index (κ1) is 12.6. The second-order valence-electron chi connectivity index (χ2n) is 5.39. The monoisotopic (exact) mass is 259 g/mol. The van der Waals surface area contributed by atoms with Gasteiger partial charge in [0.1, 0.15) is 0 Å². The van der Waals surface area contributed by atoms with Gasteiger partial charge in [-0.25, -0.2) is 0 Å². The number of nitrogens with zero attached hydrogens (tertiary/aromatic N) is 1. The molecular formula is C15H21N3O. The molecule has 1 fully saturated rings. The lowest BCUT2D eigenvalue weighted by Crippen LogP contribution is -2.33. The van der Waals surface area contributed by atoms with Crippen LogP contribution < -0.4 is 10.6 Å². The van der Waals surface area contributed by atoms with Crippen LogP contribution in [0.3, 0.4) is 0 Å². The quantitative estimate of drug-likeness (QED) is 0.851. The van der Waals surface area contributed by atoms with E-state index in [1.807, 2.05) is 12.1 Å². The molecule has 4 heteroatoms. The van der Waals surface area contributed by atoms with E-state index in [4.69, 9.17) is 0 Å². The van der Waals surface area contributed by atoms with Crippen LogP contribution in [0.25, 0.3) is 0 Å². The van der Waals surface area contributed by atoms with Gasteiger partial charge in [0, 0.05) is 31.7 Å². The summed E-state index contributed by atoms with van der Waals surface area (Å²) in [5, 5.41) is 6.31. The zero-order valence-corrected chi connectivity index (χ0v) is 11.2. The summed E-state index contributed by atoms with van der Waals surface area (Å²) in [7, 11) is 0. The van der Waals surface area contributed by atoms with Crippen molar-refractivity contribution in [1.29, 1.82) is 0 Å². The number of carbonyl (C=O) groups is 1. The van der Waals surface area contributed by atoms with Crippen molar-refractivity contribution < 1.29 is 4.79 Å². The third-order valence-corrected chi connectivity index (χ3v) is 4.01. The summed E-state index contributed by atoms with van der Waals surface area (Å²) in [6.07, 6.45) is 2.59. The molecule has 2 aliphatic heterocycles. The Labute approximate surface area is 114 Å². The van der Waals surface area contributed by atoms with E-state index in [-0.39, 0.29) is 5.91 Å². The Hall–Kier alpha value is -1.39. The molecule has 0 aliphatic carbocycles. The van der Waals surface area contributed by atoms with Crippen LogP contribution in [0.15, 0.2) is 18.2 Å². The first-order valence-electron chi connectivity index (χ1n) is 7.16. The Morgan fingerprint density at radius 2 is 2.00 bits per heavy atom. The highest BCUT2D eigenvalue weighted by atomic mass is 16.1. The van der Waals surface area contributed by atoms with Crippen LogP contribution in [0.2, 0.25) is 0 Å². The molecule has 0 unspecified atom stereocenters. The predicted octanol–water partition coefficient (Wildman–Crippen LogP) is 1.12. The largest absolute Gasteiger partial charge is 0.351 e. The number of rotatable bonds is 4. The van der Waals surface area contributed by atoms with Crippen molar-refractivity contribution in [3.63, 3.8) is 0 Å². The molecule has 4 nitrogen and oxygen atoms in total. The third kappa shape index (κ3) is 2.96. The summed E-state index contributed by atoms with van der Waals surface area (Å²) in [6.45, 7) is 5.88. The fourth-order valence-electron chi connectivity index (χ4n) is 2.87. The molecule has 0 saturated carbocycles. The van der Waals surface area contributed by atoms with Gasteiger partial charge in [0.2, 0.25) is 0 Å². The normalized spacial score (nSPS) is 18.5. The first-order chi connectivity index (χ1) is 9.33. The van der Waals surface area contributed by atoms with Gasteiger partial charge in [0.25, 0.3) is 5.91 Å². The van der Waals surface area contributed by atoms with Crippen molar-refractivity contribution in [1.82, 2.24) is 15.5 Å². The van der Waals surface area contributed by atoms with Gasteiger partial charge in [-0.3, -0.25) is 4.79 Å². The summed E-state index contributed by atoms with van der Waals surface area (Å²) in [4.78, 5) is 14.5. The molecule has 1 aromatic carbocycles. The number of hydrogen-bond donors (Lipinski definition) is 2. The molecule has 2 aliphatic rings. The van der Waals surface area contributed by atoms with Crippen molar-refractivity contribution in [2.75, 3.05) is 26.2 Å². The minimum Gasteiger partial charge on any atom is -0.351 e. The standard InChI is InChI=1S/C15H21N3O/c19-15(17-5-8-18-6-1-2-7-18)12-3-4-13-10-16-11-14(13)9-12/h3-4,9,16H,1-2,5-8,10-11H2,(H,17,19). The maximum Gasteiger partial charge on any atom is 0.251 e. The van der Waals surface area contributed by atoms with Crippen LogP contribution in [0.1, 0.15) is 34.3 Å². The minimum atomic E-state index is 0.0499. The van der Waals surface area contributed by atoms with Gasteiger partial charge in [-0.2, -0.15) is 0 Å². The van der Waals surface area contributed by atoms with Crippen molar-refractivity contribution in [2.24, 2.45) is 0 Å². The van der Waals surface area contributed by atoms with Gasteiger partial charge in [0.15, 0.2) is 0 Å². The zero-order valence-electron chi connectivity index (χ0n) is 11.2. The van der Waals surface area contributed by atoms with Gasteiger partial charge in [-0.1, -0.05) is 6.07 Å². The second-order valence-corrected chi connectivity index (χ2v) is 5.39. The zero-order chi connectivity index (χ0) is 13.1. The van der Waals surface area contributed by atoms with E-state index in [9.17, 15) is 4.79 Å². The first-order valence-corrected chi connectivity index (χ1v) is 7.16. The van der Waals surface area contributed by atoms with Crippen molar-refractivity contribution >= 4 is 5.91 Å². The molecule has 0 aromatic heterocycles. The van der Waals surface area contributed by atoms with Crippen molar-refractivity contribution in [3.8, 4) is 0 Å². The van der Waals surface area contributed by atoms with Gasteiger partial charge in [-0.05, 0) is 49.2 Å². The molecule has 2 N–H and O–H groups in total. The molecule has 3 rings (SSSR count). The molecule has 0 radical (unpaired) electrons. The molecule has 1 aromatic rings. The predicted molar refractivity (Wildman–Crippen MR) is 75.0 cm³/mol. The summed E-state index contributed by atoms with van der Waals surface area (Å²) in [6, 6.07) is 6.00. The van der Waals surface area contributed by atoms with E-state index in [1.165, 1.54) is 37.1 Å². The van der Waals surface area contributed by atoms with Crippen LogP contribution in [0.4, 0.5) is 0 Å². The third-order valence-electron chi connectivity index (χ3n) is 4.01. The number of carbonyl (C=O) groups excluding carboxylic acids is 1. The number of amides is 1. The lowest BCUT2D eigenvalue weighted by atomic mass is 10.1. The lowest BCUT2D eigenvalue weighted by molar-refractivity contribution is 0.0949. The van der Waals surface area contributed by atoms with Crippen LogP contribution >= 0.6 is 0 Å². The van der Waals surface area contributed by atoms with E-state index in [1.54, 1.807) is 0 Å². The Kier molecular flexibility index (Phi) is 3.80.